The van der Waals surface area contributed by atoms with Gasteiger partial charge >= 0.3 is 5.97 Å². The smallest absolute Gasteiger partial charge is 0.323 e. The fourth-order valence-corrected chi connectivity index (χ4v) is 3.26. The molecule has 0 spiro atoms. The van der Waals surface area contributed by atoms with Crippen LogP contribution in [0.15, 0.2) is 0 Å². The summed E-state index contributed by atoms with van der Waals surface area (Å²) >= 11 is 0. The van der Waals surface area contributed by atoms with Crippen molar-refractivity contribution in [2.45, 2.75) is 70.4 Å². The maximum atomic E-state index is 11.6. The van der Waals surface area contributed by atoms with Gasteiger partial charge in [0.1, 0.15) is 5.54 Å². The Kier molecular flexibility index (Phi) is 3.76. The largest absolute Gasteiger partial charge is 0.480 e. The lowest BCUT2D eigenvalue weighted by atomic mass is 9.73. The third-order valence-corrected chi connectivity index (χ3v) is 4.12. The molecule has 17 heavy (non-hydrogen) atoms. The number of carboxylic acid groups (broad SMARTS) is 1. The molecule has 0 aromatic carbocycles. The van der Waals surface area contributed by atoms with E-state index in [0.717, 1.165) is 32.1 Å². The Bertz CT molecular complexity index is 286. The summed E-state index contributed by atoms with van der Waals surface area (Å²) < 4.78 is 0. The van der Waals surface area contributed by atoms with Gasteiger partial charge in [-0.1, -0.05) is 26.7 Å². The summed E-state index contributed by atoms with van der Waals surface area (Å²) in [5.41, 5.74) is -0.612. The average molecular weight is 239 g/mol. The molecule has 2 N–H and O–H groups in total. The van der Waals surface area contributed by atoms with Crippen LogP contribution in [0.4, 0.5) is 0 Å². The highest BCUT2D eigenvalue weighted by Gasteiger charge is 2.45. The van der Waals surface area contributed by atoms with E-state index in [1.807, 2.05) is 0 Å². The van der Waals surface area contributed by atoms with Crippen molar-refractivity contribution >= 4 is 5.97 Å². The summed E-state index contributed by atoms with van der Waals surface area (Å²) in [6.07, 6.45) is 7.39. The lowest BCUT2D eigenvalue weighted by Crippen LogP contribution is -2.55. The second-order valence-corrected chi connectivity index (χ2v) is 6.40. The van der Waals surface area contributed by atoms with Crippen LogP contribution >= 0.6 is 0 Å². The summed E-state index contributed by atoms with van der Waals surface area (Å²) in [4.78, 5) is 11.6. The van der Waals surface area contributed by atoms with Gasteiger partial charge in [-0.2, -0.15) is 0 Å². The average Bonchev–Trinajstić information content (AvgIpc) is 3.00. The number of carbonyl (C=O) groups is 1. The normalized spacial score (nSPS) is 33.9. The second kappa shape index (κ2) is 4.97. The van der Waals surface area contributed by atoms with E-state index in [0.29, 0.717) is 17.9 Å². The number of hydrogen-bond acceptors (Lipinski definition) is 2. The molecule has 0 aliphatic heterocycles. The van der Waals surface area contributed by atoms with Gasteiger partial charge in [-0.3, -0.25) is 10.1 Å². The van der Waals surface area contributed by atoms with E-state index in [2.05, 4.69) is 19.2 Å². The SMILES string of the molecule is CC(C)CC1CCCC(NC2CC2)(C(=O)O)C1. The number of aliphatic carboxylic acids is 1. The van der Waals surface area contributed by atoms with Gasteiger partial charge in [0, 0.05) is 6.04 Å². The molecule has 2 atom stereocenters. The Hall–Kier alpha value is -0.570. The monoisotopic (exact) mass is 239 g/mol. The molecule has 0 aromatic heterocycles. The Morgan fingerprint density at radius 3 is 2.65 bits per heavy atom. The van der Waals surface area contributed by atoms with E-state index < -0.39 is 11.5 Å². The van der Waals surface area contributed by atoms with Crippen LogP contribution in [0, 0.1) is 11.8 Å². The number of hydrogen-bond donors (Lipinski definition) is 2. The molecular formula is C14H25NO2. The van der Waals surface area contributed by atoms with Crippen molar-refractivity contribution in [3.05, 3.63) is 0 Å². The lowest BCUT2D eigenvalue weighted by molar-refractivity contribution is -0.147. The van der Waals surface area contributed by atoms with Crippen molar-refractivity contribution in [1.82, 2.24) is 5.32 Å². The van der Waals surface area contributed by atoms with Gasteiger partial charge in [-0.25, -0.2) is 0 Å². The van der Waals surface area contributed by atoms with Crippen LogP contribution in [0.3, 0.4) is 0 Å². The summed E-state index contributed by atoms with van der Waals surface area (Å²) in [7, 11) is 0. The Morgan fingerprint density at radius 1 is 1.41 bits per heavy atom. The van der Waals surface area contributed by atoms with Gasteiger partial charge in [0.2, 0.25) is 0 Å². The van der Waals surface area contributed by atoms with Crippen molar-refractivity contribution < 1.29 is 9.90 Å². The van der Waals surface area contributed by atoms with Crippen molar-refractivity contribution in [3.8, 4) is 0 Å². The number of nitrogens with one attached hydrogen (secondary N) is 1. The zero-order valence-electron chi connectivity index (χ0n) is 11.0. The van der Waals surface area contributed by atoms with Gasteiger partial charge < -0.3 is 5.11 Å². The molecule has 2 fully saturated rings. The van der Waals surface area contributed by atoms with Crippen LogP contribution < -0.4 is 5.32 Å². The van der Waals surface area contributed by atoms with Gasteiger partial charge in [0.15, 0.2) is 0 Å². The van der Waals surface area contributed by atoms with Gasteiger partial charge in [0.25, 0.3) is 0 Å². The van der Waals surface area contributed by atoms with Crippen molar-refractivity contribution in [1.29, 1.82) is 0 Å². The van der Waals surface area contributed by atoms with Crippen molar-refractivity contribution in [2.75, 3.05) is 0 Å². The molecule has 0 amide bonds. The molecule has 2 rings (SSSR count). The van der Waals surface area contributed by atoms with Crippen molar-refractivity contribution in [3.63, 3.8) is 0 Å². The number of carboxylic acids is 1. The summed E-state index contributed by atoms with van der Waals surface area (Å²) in [6.45, 7) is 4.46. The molecule has 0 bridgehead atoms. The molecule has 98 valence electrons. The van der Waals surface area contributed by atoms with E-state index in [4.69, 9.17) is 0 Å². The Morgan fingerprint density at radius 2 is 2.12 bits per heavy atom. The predicted octanol–water partition coefficient (Wildman–Crippen LogP) is 2.80. The van der Waals surface area contributed by atoms with Crippen LogP contribution in [0.5, 0.6) is 0 Å². The first-order chi connectivity index (χ1) is 8.02. The third kappa shape index (κ3) is 3.21. The minimum absolute atomic E-state index is 0.476. The van der Waals surface area contributed by atoms with E-state index in [9.17, 15) is 9.90 Å². The molecule has 2 unspecified atom stereocenters. The van der Waals surface area contributed by atoms with Crippen LogP contribution in [0.2, 0.25) is 0 Å². The highest BCUT2D eigenvalue weighted by Crippen LogP contribution is 2.38. The topological polar surface area (TPSA) is 49.3 Å². The fraction of sp³-hybridized carbons (Fsp3) is 0.929. The van der Waals surface area contributed by atoms with Crippen LogP contribution in [-0.2, 0) is 4.79 Å². The van der Waals surface area contributed by atoms with E-state index >= 15 is 0 Å². The minimum atomic E-state index is -0.627. The summed E-state index contributed by atoms with van der Waals surface area (Å²) in [5.74, 6) is 0.634. The zero-order chi connectivity index (χ0) is 12.5. The van der Waals surface area contributed by atoms with Gasteiger partial charge in [0.05, 0.1) is 0 Å². The molecule has 0 radical (unpaired) electrons. The first kappa shape index (κ1) is 12.9. The highest BCUT2D eigenvalue weighted by molar-refractivity contribution is 5.79. The van der Waals surface area contributed by atoms with Crippen LogP contribution in [-0.4, -0.2) is 22.7 Å². The minimum Gasteiger partial charge on any atom is -0.480 e. The van der Waals surface area contributed by atoms with E-state index in [1.165, 1.54) is 12.8 Å². The fourth-order valence-electron chi connectivity index (χ4n) is 3.26. The van der Waals surface area contributed by atoms with Gasteiger partial charge in [-0.15, -0.1) is 0 Å². The second-order valence-electron chi connectivity index (χ2n) is 6.40. The molecule has 3 heteroatoms. The van der Waals surface area contributed by atoms with Crippen LogP contribution in [0.1, 0.15) is 58.8 Å². The Labute approximate surface area is 104 Å². The standard InChI is InChI=1S/C14H25NO2/c1-10(2)8-11-4-3-7-14(9-11,13(16)17)15-12-5-6-12/h10-12,15H,3-9H2,1-2H3,(H,16,17). The Balaban J connectivity index is 2.01. The molecule has 2 aliphatic rings. The molecule has 2 aliphatic carbocycles. The molecule has 0 heterocycles. The molecule has 3 nitrogen and oxygen atoms in total. The molecule has 0 saturated heterocycles. The molecule has 0 aromatic rings. The summed E-state index contributed by atoms with van der Waals surface area (Å²) in [5, 5.41) is 13.0. The summed E-state index contributed by atoms with van der Waals surface area (Å²) in [6, 6.07) is 0.476. The van der Waals surface area contributed by atoms with E-state index in [-0.39, 0.29) is 0 Å². The first-order valence-electron chi connectivity index (χ1n) is 7.03. The quantitative estimate of drug-likeness (QED) is 0.775. The van der Waals surface area contributed by atoms with Gasteiger partial charge in [-0.05, 0) is 43.9 Å². The molecule has 2 saturated carbocycles. The maximum Gasteiger partial charge on any atom is 0.323 e. The van der Waals surface area contributed by atoms with Crippen molar-refractivity contribution in [2.24, 2.45) is 11.8 Å². The third-order valence-electron chi connectivity index (χ3n) is 4.12. The van der Waals surface area contributed by atoms with E-state index in [1.54, 1.807) is 0 Å². The highest BCUT2D eigenvalue weighted by atomic mass is 16.4. The zero-order valence-corrected chi connectivity index (χ0v) is 11.0. The maximum absolute atomic E-state index is 11.6. The first-order valence-corrected chi connectivity index (χ1v) is 7.03. The van der Waals surface area contributed by atoms with Crippen LogP contribution in [0.25, 0.3) is 0 Å². The number of rotatable bonds is 5. The lowest BCUT2D eigenvalue weighted by Gasteiger charge is -2.39. The predicted molar refractivity (Wildman–Crippen MR) is 67.9 cm³/mol. The molecular weight excluding hydrogens is 214 g/mol.